The van der Waals surface area contributed by atoms with Gasteiger partial charge in [0.1, 0.15) is 13.2 Å². The Morgan fingerprint density at radius 3 is 2.64 bits per heavy atom. The lowest BCUT2D eigenvalue weighted by molar-refractivity contribution is 0.0990. The molecular formula is C27H29NO5. The van der Waals surface area contributed by atoms with Gasteiger partial charge in [-0.1, -0.05) is 24.3 Å². The van der Waals surface area contributed by atoms with E-state index in [1.165, 1.54) is 4.57 Å². The number of benzene rings is 2. The Balaban J connectivity index is 1.60. The summed E-state index contributed by atoms with van der Waals surface area (Å²) in [5.41, 5.74) is 4.75. The maximum atomic E-state index is 13.2. The molecule has 0 radical (unpaired) electrons. The summed E-state index contributed by atoms with van der Waals surface area (Å²) in [5, 5.41) is 9.02. The minimum atomic E-state index is -0.286. The second-order valence-electron chi connectivity index (χ2n) is 8.41. The maximum Gasteiger partial charge on any atom is 0.261 e. The number of ether oxygens (including phenoxy) is 2. The molecular weight excluding hydrogens is 418 g/mol. The highest BCUT2D eigenvalue weighted by atomic mass is 16.6. The lowest BCUT2D eigenvalue weighted by Gasteiger charge is -2.19. The van der Waals surface area contributed by atoms with E-state index in [2.05, 4.69) is 0 Å². The average molecular weight is 448 g/mol. The molecule has 6 nitrogen and oxygen atoms in total. The predicted molar refractivity (Wildman–Crippen MR) is 127 cm³/mol. The molecule has 4 rings (SSSR count). The molecule has 1 N–H and O–H groups in total. The first-order valence-electron chi connectivity index (χ1n) is 11.3. The van der Waals surface area contributed by atoms with E-state index in [9.17, 15) is 9.59 Å². The SMILES string of the molecule is Cc1c(CC(=O)c2cc(CCCCO)cn(C)c2=O)cccc1-c1ccc2c(c1)OCCO2. The van der Waals surface area contributed by atoms with Crippen LogP contribution in [0.5, 0.6) is 11.5 Å². The van der Waals surface area contributed by atoms with Crippen molar-refractivity contribution in [3.8, 4) is 22.6 Å². The molecule has 0 saturated carbocycles. The molecule has 0 unspecified atom stereocenters. The van der Waals surface area contributed by atoms with Crippen molar-refractivity contribution in [3.63, 3.8) is 0 Å². The normalized spacial score (nSPS) is 12.6. The predicted octanol–water partition coefficient (Wildman–Crippen LogP) is 3.87. The standard InChI is InChI=1S/C27H29NO5/c1-18-20(7-5-8-22(18)21-9-10-25-26(16-21)33-13-12-32-25)15-24(30)23-14-19(6-3-4-11-29)17-28(2)27(23)31/h5,7-10,14,16-17,29H,3-4,6,11-13,15H2,1-2H3. The third-order valence-corrected chi connectivity index (χ3v) is 6.06. The highest BCUT2D eigenvalue weighted by Gasteiger charge is 2.18. The number of pyridine rings is 1. The van der Waals surface area contributed by atoms with Crippen molar-refractivity contribution in [2.45, 2.75) is 32.6 Å². The summed E-state index contributed by atoms with van der Waals surface area (Å²) >= 11 is 0. The van der Waals surface area contributed by atoms with Crippen molar-refractivity contribution >= 4 is 5.78 Å². The number of ketones is 1. The van der Waals surface area contributed by atoms with Crippen LogP contribution < -0.4 is 15.0 Å². The van der Waals surface area contributed by atoms with E-state index >= 15 is 0 Å². The molecule has 6 heteroatoms. The van der Waals surface area contributed by atoms with Crippen LogP contribution in [-0.4, -0.2) is 35.3 Å². The lowest BCUT2D eigenvalue weighted by Crippen LogP contribution is -2.25. The molecule has 0 saturated heterocycles. The van der Waals surface area contributed by atoms with E-state index in [1.54, 1.807) is 19.3 Å². The maximum absolute atomic E-state index is 13.2. The highest BCUT2D eigenvalue weighted by Crippen LogP contribution is 2.36. The van der Waals surface area contributed by atoms with Crippen LogP contribution in [-0.2, 0) is 19.9 Å². The summed E-state index contributed by atoms with van der Waals surface area (Å²) in [7, 11) is 1.67. The van der Waals surface area contributed by atoms with Gasteiger partial charge in [0.05, 0.1) is 5.56 Å². The highest BCUT2D eigenvalue weighted by molar-refractivity contribution is 5.97. The van der Waals surface area contributed by atoms with Crippen molar-refractivity contribution in [1.29, 1.82) is 0 Å². The zero-order valence-corrected chi connectivity index (χ0v) is 19.1. The largest absolute Gasteiger partial charge is 0.486 e. The van der Waals surface area contributed by atoms with Crippen LogP contribution in [0.25, 0.3) is 11.1 Å². The Labute approximate surface area is 193 Å². The summed E-state index contributed by atoms with van der Waals surface area (Å²) in [6, 6.07) is 13.5. The van der Waals surface area contributed by atoms with Gasteiger partial charge in [0.15, 0.2) is 17.3 Å². The Kier molecular flexibility index (Phi) is 6.94. The number of Topliss-reactive ketones (excluding diaryl/α,β-unsaturated/α-hetero) is 1. The van der Waals surface area contributed by atoms with E-state index < -0.39 is 0 Å². The van der Waals surface area contributed by atoms with E-state index in [0.29, 0.717) is 26.1 Å². The van der Waals surface area contributed by atoms with Crippen LogP contribution in [0.4, 0.5) is 0 Å². The monoisotopic (exact) mass is 447 g/mol. The van der Waals surface area contributed by atoms with Crippen molar-refractivity contribution in [3.05, 3.63) is 81.3 Å². The van der Waals surface area contributed by atoms with E-state index in [1.807, 2.05) is 43.3 Å². The Hall–Kier alpha value is -3.38. The number of hydrogen-bond donors (Lipinski definition) is 1. The number of carbonyl (C=O) groups excluding carboxylic acids is 1. The van der Waals surface area contributed by atoms with E-state index in [-0.39, 0.29) is 29.9 Å². The second kappa shape index (κ2) is 10.0. The first kappa shape index (κ1) is 22.8. The molecule has 0 aliphatic carbocycles. The van der Waals surface area contributed by atoms with Gasteiger partial charge >= 0.3 is 0 Å². The summed E-state index contributed by atoms with van der Waals surface area (Å²) in [6.07, 6.45) is 4.13. The number of rotatable bonds is 8. The average Bonchev–Trinajstić information content (AvgIpc) is 2.82. The van der Waals surface area contributed by atoms with Gasteiger partial charge in [-0.25, -0.2) is 0 Å². The fourth-order valence-corrected chi connectivity index (χ4v) is 4.23. The van der Waals surface area contributed by atoms with Crippen LogP contribution >= 0.6 is 0 Å². The summed E-state index contributed by atoms with van der Waals surface area (Å²) < 4.78 is 12.8. The number of hydrogen-bond acceptors (Lipinski definition) is 5. The minimum Gasteiger partial charge on any atom is -0.486 e. The summed E-state index contributed by atoms with van der Waals surface area (Å²) in [5.74, 6) is 1.27. The van der Waals surface area contributed by atoms with Crippen molar-refractivity contribution in [1.82, 2.24) is 4.57 Å². The van der Waals surface area contributed by atoms with Gasteiger partial charge in [-0.3, -0.25) is 9.59 Å². The topological polar surface area (TPSA) is 77.8 Å². The van der Waals surface area contributed by atoms with Gasteiger partial charge in [0.2, 0.25) is 0 Å². The van der Waals surface area contributed by atoms with Crippen molar-refractivity contribution < 1.29 is 19.4 Å². The number of aliphatic hydroxyl groups excluding tert-OH is 1. The van der Waals surface area contributed by atoms with Gasteiger partial charge in [-0.2, -0.15) is 0 Å². The van der Waals surface area contributed by atoms with Gasteiger partial charge in [0, 0.05) is 26.3 Å². The van der Waals surface area contributed by atoms with Gasteiger partial charge in [-0.15, -0.1) is 0 Å². The van der Waals surface area contributed by atoms with Gasteiger partial charge < -0.3 is 19.1 Å². The molecule has 0 bridgehead atoms. The van der Waals surface area contributed by atoms with Crippen LogP contribution in [0.2, 0.25) is 0 Å². The molecule has 2 aromatic carbocycles. The zero-order valence-electron chi connectivity index (χ0n) is 19.1. The van der Waals surface area contributed by atoms with Gasteiger partial charge in [0.25, 0.3) is 5.56 Å². The molecule has 1 aliphatic heterocycles. The van der Waals surface area contributed by atoms with Crippen LogP contribution in [0, 0.1) is 6.92 Å². The Bertz CT molecular complexity index is 1230. The molecule has 0 fully saturated rings. The first-order valence-corrected chi connectivity index (χ1v) is 11.3. The number of carbonyl (C=O) groups is 1. The number of fused-ring (bicyclic) bond motifs is 1. The molecule has 3 aromatic rings. The second-order valence-corrected chi connectivity index (χ2v) is 8.41. The molecule has 0 spiro atoms. The van der Waals surface area contributed by atoms with E-state index in [4.69, 9.17) is 14.6 Å². The van der Waals surface area contributed by atoms with Crippen LogP contribution in [0.1, 0.15) is 39.9 Å². The number of unbranched alkanes of at least 4 members (excludes halogenated alkanes) is 1. The number of aryl methyl sites for hydroxylation is 2. The molecule has 1 aliphatic rings. The van der Waals surface area contributed by atoms with Gasteiger partial charge in [-0.05, 0) is 72.2 Å². The third-order valence-electron chi connectivity index (χ3n) is 6.06. The quantitative estimate of drug-likeness (QED) is 0.419. The number of nitrogens with zero attached hydrogens (tertiary/aromatic N) is 1. The molecule has 0 amide bonds. The smallest absolute Gasteiger partial charge is 0.261 e. The lowest BCUT2D eigenvalue weighted by atomic mass is 9.92. The van der Waals surface area contributed by atoms with Crippen LogP contribution in [0.3, 0.4) is 0 Å². The summed E-state index contributed by atoms with van der Waals surface area (Å²) in [6.45, 7) is 3.21. The van der Waals surface area contributed by atoms with Crippen molar-refractivity contribution in [2.24, 2.45) is 7.05 Å². The minimum absolute atomic E-state index is 0.135. The molecule has 172 valence electrons. The zero-order chi connectivity index (χ0) is 23.4. The fourth-order valence-electron chi connectivity index (χ4n) is 4.23. The third kappa shape index (κ3) is 5.01. The van der Waals surface area contributed by atoms with E-state index in [0.717, 1.165) is 45.7 Å². The number of aromatic nitrogens is 1. The van der Waals surface area contributed by atoms with Crippen molar-refractivity contribution in [2.75, 3.05) is 19.8 Å². The first-order chi connectivity index (χ1) is 16.0. The summed E-state index contributed by atoms with van der Waals surface area (Å²) in [4.78, 5) is 25.8. The number of aliphatic hydroxyl groups is 1. The molecule has 1 aromatic heterocycles. The molecule has 0 atom stereocenters. The molecule has 33 heavy (non-hydrogen) atoms. The van der Waals surface area contributed by atoms with Crippen LogP contribution in [0.15, 0.2) is 53.5 Å². The Morgan fingerprint density at radius 1 is 1.06 bits per heavy atom. The fraction of sp³-hybridized carbons (Fsp3) is 0.333. The molecule has 2 heterocycles. The Morgan fingerprint density at radius 2 is 1.85 bits per heavy atom.